The first-order chi connectivity index (χ1) is 8.00. The zero-order valence-corrected chi connectivity index (χ0v) is 10.5. The third kappa shape index (κ3) is 2.66. The van der Waals surface area contributed by atoms with Gasteiger partial charge < -0.3 is 5.11 Å². The molecule has 1 aliphatic rings. The summed E-state index contributed by atoms with van der Waals surface area (Å²) in [6.07, 6.45) is -0.519. The van der Waals surface area contributed by atoms with Crippen LogP contribution in [-0.2, 0) is 16.8 Å². The highest BCUT2D eigenvalue weighted by atomic mass is 32.2. The predicted molar refractivity (Wildman–Crippen MR) is 64.4 cm³/mol. The lowest BCUT2D eigenvalue weighted by Crippen LogP contribution is -2.56. The highest BCUT2D eigenvalue weighted by Crippen LogP contribution is 2.17. The van der Waals surface area contributed by atoms with Crippen LogP contribution < -0.4 is 0 Å². The van der Waals surface area contributed by atoms with Crippen molar-refractivity contribution in [3.63, 3.8) is 0 Å². The Hall–Kier alpha value is -0.950. The zero-order valence-electron chi connectivity index (χ0n) is 9.65. The SMILES string of the molecule is CN(Cc1ccccc1)S(=O)(=O)N1CC(O)C1. The van der Waals surface area contributed by atoms with E-state index in [1.165, 1.54) is 8.61 Å². The maximum Gasteiger partial charge on any atom is 0.282 e. The fourth-order valence-electron chi connectivity index (χ4n) is 1.72. The lowest BCUT2D eigenvalue weighted by Gasteiger charge is -2.37. The third-order valence-corrected chi connectivity index (χ3v) is 4.66. The van der Waals surface area contributed by atoms with Crippen LogP contribution in [-0.4, -0.2) is 48.4 Å². The second-order valence-electron chi connectivity index (χ2n) is 4.22. The van der Waals surface area contributed by atoms with Gasteiger partial charge in [0.2, 0.25) is 0 Å². The number of β-amino-alcohol motifs (C(OH)–C–C–N with tert-alkyl or cyclic N) is 1. The Morgan fingerprint density at radius 2 is 1.94 bits per heavy atom. The second kappa shape index (κ2) is 4.73. The van der Waals surface area contributed by atoms with Crippen molar-refractivity contribution in [1.29, 1.82) is 0 Å². The molecule has 0 atom stereocenters. The Labute approximate surface area is 101 Å². The first kappa shape index (κ1) is 12.5. The van der Waals surface area contributed by atoms with E-state index in [0.717, 1.165) is 5.56 Å². The molecule has 1 fully saturated rings. The molecule has 1 aromatic carbocycles. The van der Waals surface area contributed by atoms with E-state index in [1.807, 2.05) is 30.3 Å². The molecule has 0 radical (unpaired) electrons. The van der Waals surface area contributed by atoms with Crippen molar-refractivity contribution < 1.29 is 13.5 Å². The maximum absolute atomic E-state index is 12.0. The summed E-state index contributed by atoms with van der Waals surface area (Å²) in [6.45, 7) is 0.735. The molecule has 5 nitrogen and oxygen atoms in total. The summed E-state index contributed by atoms with van der Waals surface area (Å²) < 4.78 is 26.6. The standard InChI is InChI=1S/C11H16N2O3S/c1-12(7-10-5-3-2-4-6-10)17(15,16)13-8-11(14)9-13/h2-6,11,14H,7-9H2,1H3. The molecule has 0 aromatic heterocycles. The number of rotatable bonds is 4. The van der Waals surface area contributed by atoms with E-state index in [2.05, 4.69) is 0 Å². The maximum atomic E-state index is 12.0. The van der Waals surface area contributed by atoms with Crippen molar-refractivity contribution in [1.82, 2.24) is 8.61 Å². The van der Waals surface area contributed by atoms with E-state index in [-0.39, 0.29) is 13.1 Å². The lowest BCUT2D eigenvalue weighted by molar-refractivity contribution is 0.0510. The molecule has 1 aromatic rings. The fraction of sp³-hybridized carbons (Fsp3) is 0.455. The van der Waals surface area contributed by atoms with Gasteiger partial charge in [-0.25, -0.2) is 0 Å². The lowest BCUT2D eigenvalue weighted by atomic mass is 10.2. The van der Waals surface area contributed by atoms with Crippen molar-refractivity contribution in [3.05, 3.63) is 35.9 Å². The van der Waals surface area contributed by atoms with E-state index < -0.39 is 16.3 Å². The number of benzene rings is 1. The summed E-state index contributed by atoms with van der Waals surface area (Å²) in [5.41, 5.74) is 0.944. The molecule has 1 aliphatic heterocycles. The third-order valence-electron chi connectivity index (χ3n) is 2.80. The molecule has 94 valence electrons. The van der Waals surface area contributed by atoms with Gasteiger partial charge in [-0.2, -0.15) is 17.0 Å². The van der Waals surface area contributed by atoms with Crippen molar-refractivity contribution in [2.24, 2.45) is 0 Å². The minimum Gasteiger partial charge on any atom is -0.390 e. The van der Waals surface area contributed by atoms with Crippen LogP contribution >= 0.6 is 0 Å². The molecule has 0 saturated carbocycles. The number of hydrogen-bond acceptors (Lipinski definition) is 3. The van der Waals surface area contributed by atoms with Gasteiger partial charge in [-0.05, 0) is 5.56 Å². The molecule has 0 spiro atoms. The highest BCUT2D eigenvalue weighted by molar-refractivity contribution is 7.86. The number of nitrogens with zero attached hydrogens (tertiary/aromatic N) is 2. The summed E-state index contributed by atoms with van der Waals surface area (Å²) in [5, 5.41) is 9.13. The molecular weight excluding hydrogens is 240 g/mol. The summed E-state index contributed by atoms with van der Waals surface area (Å²) in [6, 6.07) is 9.42. The number of hydrogen-bond donors (Lipinski definition) is 1. The van der Waals surface area contributed by atoms with Gasteiger partial charge in [-0.15, -0.1) is 0 Å². The average Bonchev–Trinajstić information content (AvgIpc) is 2.26. The van der Waals surface area contributed by atoms with E-state index in [9.17, 15) is 8.42 Å². The largest absolute Gasteiger partial charge is 0.390 e. The molecule has 1 heterocycles. The molecule has 2 rings (SSSR count). The van der Waals surface area contributed by atoms with Crippen LogP contribution in [0.15, 0.2) is 30.3 Å². The first-order valence-electron chi connectivity index (χ1n) is 5.43. The first-order valence-corrected chi connectivity index (χ1v) is 6.83. The van der Waals surface area contributed by atoms with Gasteiger partial charge in [0.05, 0.1) is 6.10 Å². The summed E-state index contributed by atoms with van der Waals surface area (Å²) in [4.78, 5) is 0. The predicted octanol–water partition coefficient (Wildman–Crippen LogP) is 0.0397. The van der Waals surface area contributed by atoms with E-state index >= 15 is 0 Å². The van der Waals surface area contributed by atoms with Gasteiger partial charge in [0.15, 0.2) is 0 Å². The molecule has 0 amide bonds. The molecule has 6 heteroatoms. The van der Waals surface area contributed by atoms with E-state index in [0.29, 0.717) is 6.54 Å². The van der Waals surface area contributed by atoms with Crippen molar-refractivity contribution >= 4 is 10.2 Å². The topological polar surface area (TPSA) is 60.9 Å². The fourth-order valence-corrected chi connectivity index (χ4v) is 3.15. The van der Waals surface area contributed by atoms with Gasteiger partial charge in [0.1, 0.15) is 0 Å². The second-order valence-corrected chi connectivity index (χ2v) is 6.26. The van der Waals surface area contributed by atoms with Gasteiger partial charge >= 0.3 is 0 Å². The van der Waals surface area contributed by atoms with Crippen LogP contribution in [0.3, 0.4) is 0 Å². The molecule has 1 saturated heterocycles. The molecule has 0 bridgehead atoms. The van der Waals surface area contributed by atoms with Crippen LogP contribution in [0.2, 0.25) is 0 Å². The number of aliphatic hydroxyl groups excluding tert-OH is 1. The Bertz CT molecular complexity index is 469. The zero-order chi connectivity index (χ0) is 12.5. The molecule has 0 unspecified atom stereocenters. The smallest absolute Gasteiger partial charge is 0.282 e. The highest BCUT2D eigenvalue weighted by Gasteiger charge is 2.36. The Morgan fingerprint density at radius 1 is 1.35 bits per heavy atom. The van der Waals surface area contributed by atoms with Gasteiger partial charge in [-0.3, -0.25) is 0 Å². The Balaban J connectivity index is 2.02. The minimum atomic E-state index is -3.43. The van der Waals surface area contributed by atoms with Crippen molar-refractivity contribution in [3.8, 4) is 0 Å². The minimum absolute atomic E-state index is 0.196. The quantitative estimate of drug-likeness (QED) is 0.827. The van der Waals surface area contributed by atoms with Crippen LogP contribution in [0, 0.1) is 0 Å². The van der Waals surface area contributed by atoms with Crippen LogP contribution in [0.25, 0.3) is 0 Å². The molecular formula is C11H16N2O3S. The normalized spacial score (nSPS) is 18.3. The Kier molecular flexibility index (Phi) is 3.48. The van der Waals surface area contributed by atoms with Crippen LogP contribution in [0.4, 0.5) is 0 Å². The van der Waals surface area contributed by atoms with Crippen molar-refractivity contribution in [2.45, 2.75) is 12.6 Å². The summed E-state index contributed by atoms with van der Waals surface area (Å²) in [5.74, 6) is 0. The van der Waals surface area contributed by atoms with Gasteiger partial charge in [0.25, 0.3) is 10.2 Å². The molecule has 1 N–H and O–H groups in total. The summed E-state index contributed by atoms with van der Waals surface area (Å²) in [7, 11) is -1.88. The Morgan fingerprint density at radius 3 is 2.47 bits per heavy atom. The van der Waals surface area contributed by atoms with E-state index in [1.54, 1.807) is 7.05 Å². The van der Waals surface area contributed by atoms with E-state index in [4.69, 9.17) is 5.11 Å². The monoisotopic (exact) mass is 256 g/mol. The average molecular weight is 256 g/mol. The van der Waals surface area contributed by atoms with Gasteiger partial charge in [-0.1, -0.05) is 30.3 Å². The van der Waals surface area contributed by atoms with Crippen LogP contribution in [0.5, 0.6) is 0 Å². The van der Waals surface area contributed by atoms with Crippen LogP contribution in [0.1, 0.15) is 5.56 Å². The van der Waals surface area contributed by atoms with Gasteiger partial charge in [0, 0.05) is 26.7 Å². The molecule has 0 aliphatic carbocycles. The number of aliphatic hydroxyl groups is 1. The van der Waals surface area contributed by atoms with Crippen molar-refractivity contribution in [2.75, 3.05) is 20.1 Å². The molecule has 17 heavy (non-hydrogen) atoms. The summed E-state index contributed by atoms with van der Waals surface area (Å²) >= 11 is 0.